The van der Waals surface area contributed by atoms with Crippen LogP contribution in [0, 0.1) is 0 Å². The minimum absolute atomic E-state index is 0.156. The first-order chi connectivity index (χ1) is 12.9. The van der Waals surface area contributed by atoms with Crippen molar-refractivity contribution in [2.45, 2.75) is 11.5 Å². The lowest BCUT2D eigenvalue weighted by atomic mass is 10.1. The summed E-state index contributed by atoms with van der Waals surface area (Å²) < 4.78 is 16.4. The largest absolute Gasteiger partial charge is 0.480 e. The predicted octanol–water partition coefficient (Wildman–Crippen LogP) is 4.22. The van der Waals surface area contributed by atoms with E-state index >= 15 is 0 Å². The maximum Gasteiger partial charge on any atom is 0.333 e. The highest BCUT2D eigenvalue weighted by atomic mass is 35.5. The summed E-state index contributed by atoms with van der Waals surface area (Å²) in [7, 11) is 0. The second-order valence-corrected chi connectivity index (χ2v) is 7.96. The molecule has 0 radical (unpaired) electrons. The quantitative estimate of drug-likeness (QED) is 0.382. The number of benzene rings is 1. The summed E-state index contributed by atoms with van der Waals surface area (Å²) >= 11 is 18.8. The van der Waals surface area contributed by atoms with Gasteiger partial charge in [0, 0.05) is 10.4 Å². The van der Waals surface area contributed by atoms with Gasteiger partial charge in [-0.2, -0.15) is 0 Å². The van der Waals surface area contributed by atoms with Crippen LogP contribution in [0.15, 0.2) is 29.6 Å². The average molecular weight is 455 g/mol. The molecular weight excluding hydrogens is 437 g/mol. The lowest BCUT2D eigenvalue weighted by Gasteiger charge is -2.20. The minimum Gasteiger partial charge on any atom is -0.480 e. The third kappa shape index (κ3) is 7.19. The Morgan fingerprint density at radius 2 is 1.70 bits per heavy atom. The van der Waals surface area contributed by atoms with E-state index in [0.717, 1.165) is 16.9 Å². The molecule has 6 nitrogen and oxygen atoms in total. The van der Waals surface area contributed by atoms with Crippen LogP contribution in [0.5, 0.6) is 0 Å². The van der Waals surface area contributed by atoms with Crippen molar-refractivity contribution in [3.63, 3.8) is 0 Å². The molecule has 0 saturated heterocycles. The third-order valence-corrected chi connectivity index (χ3v) is 5.14. The normalized spacial score (nSPS) is 13.4. The first kappa shape index (κ1) is 22.4. The predicted molar refractivity (Wildman–Crippen MR) is 105 cm³/mol. The van der Waals surface area contributed by atoms with Gasteiger partial charge in [0.05, 0.1) is 45.3 Å². The fraction of sp³-hybridized carbons (Fsp3) is 0.412. The molecule has 0 bridgehead atoms. The van der Waals surface area contributed by atoms with Gasteiger partial charge in [0.25, 0.3) is 0 Å². The monoisotopic (exact) mass is 453 g/mol. The SMILES string of the molecule is O=C(O)C(Cl)(COCCOCCOCc1ccc(Cl)cc1)c1csc(Cl)n1. The Bertz CT molecular complexity index is 728. The molecule has 0 amide bonds. The molecule has 10 heteroatoms. The Morgan fingerprint density at radius 3 is 2.30 bits per heavy atom. The molecule has 0 aliphatic heterocycles. The number of nitrogens with zero attached hydrogens (tertiary/aromatic N) is 1. The minimum atomic E-state index is -1.77. The molecule has 1 atom stereocenters. The number of halogens is 3. The first-order valence-electron chi connectivity index (χ1n) is 7.93. The van der Waals surface area contributed by atoms with Crippen LogP contribution >= 0.6 is 46.1 Å². The fourth-order valence-corrected chi connectivity index (χ4v) is 3.20. The molecule has 1 unspecified atom stereocenters. The van der Waals surface area contributed by atoms with E-state index in [1.54, 1.807) is 0 Å². The number of ether oxygens (including phenoxy) is 3. The summed E-state index contributed by atoms with van der Waals surface area (Å²) in [4.78, 5) is 13.6. The standard InChI is InChI=1S/C17H18Cl3NO5S/c18-13-3-1-12(2-4-13)9-25-7-5-24-6-8-26-11-17(20,15(22)23)14-10-27-16(19)21-14/h1-4,10H,5-9,11H2,(H,22,23). The van der Waals surface area contributed by atoms with Crippen molar-refractivity contribution < 1.29 is 24.1 Å². The van der Waals surface area contributed by atoms with Gasteiger partial charge in [0.2, 0.25) is 4.87 Å². The number of thiazole rings is 1. The molecular formula is C17H18Cl3NO5S. The van der Waals surface area contributed by atoms with Crippen molar-refractivity contribution in [1.82, 2.24) is 4.98 Å². The van der Waals surface area contributed by atoms with Crippen LogP contribution in [0.2, 0.25) is 9.49 Å². The van der Waals surface area contributed by atoms with Crippen LogP contribution in [0.4, 0.5) is 0 Å². The number of alkyl halides is 1. The molecule has 0 aliphatic carbocycles. The van der Waals surface area contributed by atoms with Gasteiger partial charge in [-0.3, -0.25) is 0 Å². The number of carboxylic acid groups (broad SMARTS) is 1. The Hall–Kier alpha value is -0.930. The van der Waals surface area contributed by atoms with E-state index in [9.17, 15) is 9.90 Å². The zero-order valence-corrected chi connectivity index (χ0v) is 17.3. The van der Waals surface area contributed by atoms with Crippen molar-refractivity contribution in [2.75, 3.05) is 33.0 Å². The zero-order chi connectivity index (χ0) is 19.7. The van der Waals surface area contributed by atoms with Gasteiger partial charge in [0.1, 0.15) is 0 Å². The summed E-state index contributed by atoms with van der Waals surface area (Å²) in [5, 5.41) is 11.5. The van der Waals surface area contributed by atoms with E-state index in [2.05, 4.69) is 4.98 Å². The van der Waals surface area contributed by atoms with Gasteiger partial charge in [0.15, 0.2) is 4.47 Å². The first-order valence-corrected chi connectivity index (χ1v) is 9.94. The van der Waals surface area contributed by atoms with Crippen LogP contribution in [0.25, 0.3) is 0 Å². The number of carboxylic acids is 1. The number of hydrogen-bond donors (Lipinski definition) is 1. The Kier molecular flexibility index (Phi) is 9.25. The smallest absolute Gasteiger partial charge is 0.333 e. The number of hydrogen-bond acceptors (Lipinski definition) is 6. The second-order valence-electron chi connectivity index (χ2n) is 5.44. The summed E-state index contributed by atoms with van der Waals surface area (Å²) in [6.07, 6.45) is 0. The number of carbonyl (C=O) groups is 1. The van der Waals surface area contributed by atoms with Gasteiger partial charge in [-0.15, -0.1) is 11.3 Å². The third-order valence-electron chi connectivity index (χ3n) is 3.45. The maximum atomic E-state index is 11.5. The van der Waals surface area contributed by atoms with E-state index < -0.39 is 10.8 Å². The van der Waals surface area contributed by atoms with Gasteiger partial charge < -0.3 is 19.3 Å². The Balaban J connectivity index is 1.58. The lowest BCUT2D eigenvalue weighted by molar-refractivity contribution is -0.142. The average Bonchev–Trinajstić information content (AvgIpc) is 3.08. The van der Waals surface area contributed by atoms with Crippen molar-refractivity contribution in [2.24, 2.45) is 0 Å². The highest BCUT2D eigenvalue weighted by molar-refractivity contribution is 7.14. The molecule has 0 fully saturated rings. The van der Waals surface area contributed by atoms with Gasteiger partial charge in [-0.25, -0.2) is 9.78 Å². The number of rotatable bonds is 12. The van der Waals surface area contributed by atoms with Gasteiger partial charge in [-0.05, 0) is 17.7 Å². The molecule has 27 heavy (non-hydrogen) atoms. The number of aliphatic carboxylic acids is 1. The van der Waals surface area contributed by atoms with E-state index in [-0.39, 0.29) is 30.0 Å². The van der Waals surface area contributed by atoms with Gasteiger partial charge >= 0.3 is 5.97 Å². The molecule has 1 aromatic carbocycles. The molecule has 1 aromatic heterocycles. The zero-order valence-electron chi connectivity index (χ0n) is 14.2. The van der Waals surface area contributed by atoms with Gasteiger partial charge in [-0.1, -0.05) is 46.9 Å². The summed E-state index contributed by atoms with van der Waals surface area (Å²) in [5.74, 6) is -1.25. The maximum absolute atomic E-state index is 11.5. The van der Waals surface area contributed by atoms with Crippen LogP contribution < -0.4 is 0 Å². The molecule has 0 saturated carbocycles. The summed E-state index contributed by atoms with van der Waals surface area (Å²) in [6.45, 7) is 1.52. The Labute approximate surface area is 175 Å². The van der Waals surface area contributed by atoms with Crippen LogP contribution in [-0.4, -0.2) is 49.1 Å². The molecule has 1 heterocycles. The summed E-state index contributed by atoms with van der Waals surface area (Å²) in [5.41, 5.74) is 1.18. The summed E-state index contributed by atoms with van der Waals surface area (Å²) in [6, 6.07) is 7.41. The van der Waals surface area contributed by atoms with Crippen LogP contribution in [-0.2, 0) is 30.5 Å². The van der Waals surface area contributed by atoms with Crippen LogP contribution in [0.3, 0.4) is 0 Å². The van der Waals surface area contributed by atoms with E-state index in [1.807, 2.05) is 24.3 Å². The van der Waals surface area contributed by atoms with Crippen LogP contribution in [0.1, 0.15) is 11.3 Å². The highest BCUT2D eigenvalue weighted by Crippen LogP contribution is 2.32. The molecule has 1 N–H and O–H groups in total. The van der Waals surface area contributed by atoms with E-state index in [1.165, 1.54) is 5.38 Å². The molecule has 148 valence electrons. The fourth-order valence-electron chi connectivity index (χ4n) is 2.00. The molecule has 0 spiro atoms. The topological polar surface area (TPSA) is 77.9 Å². The Morgan fingerprint density at radius 1 is 1.07 bits per heavy atom. The second kappa shape index (κ2) is 11.2. The van der Waals surface area contributed by atoms with Crippen molar-refractivity contribution in [3.8, 4) is 0 Å². The number of aromatic nitrogens is 1. The van der Waals surface area contributed by atoms with E-state index in [4.69, 9.17) is 49.0 Å². The molecule has 0 aliphatic rings. The highest BCUT2D eigenvalue weighted by Gasteiger charge is 2.41. The van der Waals surface area contributed by atoms with Crippen molar-refractivity contribution in [3.05, 3.63) is 50.4 Å². The molecule has 2 aromatic rings. The lowest BCUT2D eigenvalue weighted by Crippen LogP contribution is -2.35. The van der Waals surface area contributed by atoms with Crippen molar-refractivity contribution >= 4 is 52.1 Å². The van der Waals surface area contributed by atoms with Crippen molar-refractivity contribution in [1.29, 1.82) is 0 Å². The molecule has 2 rings (SSSR count). The van der Waals surface area contributed by atoms with E-state index in [0.29, 0.717) is 24.8 Å².